The van der Waals surface area contributed by atoms with E-state index in [1.165, 1.54) is 4.57 Å². The van der Waals surface area contributed by atoms with E-state index in [1.54, 1.807) is 7.11 Å². The molecule has 1 saturated heterocycles. The number of anilines is 2. The van der Waals surface area contributed by atoms with E-state index in [9.17, 15) is 9.59 Å². The van der Waals surface area contributed by atoms with Crippen LogP contribution in [0.2, 0.25) is 0 Å². The lowest BCUT2D eigenvalue weighted by molar-refractivity contribution is 0.0654. The number of nitrogens with zero attached hydrogens (tertiary/aromatic N) is 6. The monoisotopic (exact) mass is 385 g/mol. The third kappa shape index (κ3) is 3.43. The number of carbonyl (C=O) groups is 1. The molecule has 2 aliphatic heterocycles. The van der Waals surface area contributed by atoms with Gasteiger partial charge in [0.05, 0.1) is 7.11 Å². The quantitative estimate of drug-likeness (QED) is 0.766. The van der Waals surface area contributed by atoms with Crippen LogP contribution in [0.3, 0.4) is 0 Å². The zero-order valence-corrected chi connectivity index (χ0v) is 16.0. The average Bonchev–Trinajstić information content (AvgIpc) is 3.15. The van der Waals surface area contributed by atoms with E-state index in [4.69, 9.17) is 4.74 Å². The molecule has 10 heteroatoms. The van der Waals surface area contributed by atoms with Crippen molar-refractivity contribution in [2.75, 3.05) is 51.8 Å². The van der Waals surface area contributed by atoms with Crippen molar-refractivity contribution >= 4 is 17.5 Å². The van der Waals surface area contributed by atoms with Crippen LogP contribution in [-0.2, 0) is 6.54 Å². The van der Waals surface area contributed by atoms with Gasteiger partial charge in [0.15, 0.2) is 0 Å². The first-order valence-electron chi connectivity index (χ1n) is 9.20. The molecule has 28 heavy (non-hydrogen) atoms. The fourth-order valence-electron chi connectivity index (χ4n) is 3.38. The zero-order valence-electron chi connectivity index (χ0n) is 16.0. The molecule has 1 fully saturated rings. The summed E-state index contributed by atoms with van der Waals surface area (Å²) in [5, 5.41) is 9.92. The fourth-order valence-corrected chi connectivity index (χ4v) is 3.38. The molecule has 10 nitrogen and oxygen atoms in total. The molecule has 0 atom stereocenters. The normalized spacial score (nSPS) is 17.4. The van der Waals surface area contributed by atoms with Crippen molar-refractivity contribution in [3.63, 3.8) is 0 Å². The van der Waals surface area contributed by atoms with Crippen LogP contribution < -0.4 is 20.6 Å². The Hall–Kier alpha value is -2.98. The van der Waals surface area contributed by atoms with Gasteiger partial charge in [0.2, 0.25) is 11.6 Å². The van der Waals surface area contributed by atoms with Crippen LogP contribution >= 0.6 is 0 Å². The number of rotatable bonds is 4. The Balaban J connectivity index is 1.53. The van der Waals surface area contributed by atoms with E-state index in [1.807, 2.05) is 41.2 Å². The van der Waals surface area contributed by atoms with Gasteiger partial charge in [-0.3, -0.25) is 19.6 Å². The minimum absolute atomic E-state index is 0.181. The van der Waals surface area contributed by atoms with Crippen LogP contribution in [-0.4, -0.2) is 77.5 Å². The van der Waals surface area contributed by atoms with Crippen molar-refractivity contribution in [3.05, 3.63) is 40.3 Å². The van der Waals surface area contributed by atoms with Crippen molar-refractivity contribution in [1.29, 1.82) is 0 Å². The summed E-state index contributed by atoms with van der Waals surface area (Å²) in [5.74, 6) is 0.675. The maximum atomic E-state index is 12.8. The van der Waals surface area contributed by atoms with E-state index < -0.39 is 11.5 Å². The van der Waals surface area contributed by atoms with Crippen LogP contribution in [0.15, 0.2) is 29.1 Å². The second-order valence-electron chi connectivity index (χ2n) is 6.89. The van der Waals surface area contributed by atoms with Crippen LogP contribution in [0.1, 0.15) is 10.5 Å². The lowest BCUT2D eigenvalue weighted by Crippen LogP contribution is -2.53. The second-order valence-corrected chi connectivity index (χ2v) is 6.89. The first kappa shape index (κ1) is 18.4. The SMILES string of the molecule is COc1ccc(N2CCn3c2nnc(C(=O)NN2CCN(C)CC2)c3=O)cc1. The van der Waals surface area contributed by atoms with Crippen molar-refractivity contribution < 1.29 is 9.53 Å². The van der Waals surface area contributed by atoms with Gasteiger partial charge in [-0.05, 0) is 31.3 Å². The Labute approximate surface area is 162 Å². The molecule has 0 aliphatic carbocycles. The zero-order chi connectivity index (χ0) is 19.7. The van der Waals surface area contributed by atoms with Crippen molar-refractivity contribution in [3.8, 4) is 5.75 Å². The average molecular weight is 385 g/mol. The molecule has 1 aromatic heterocycles. The molecule has 1 N–H and O–H groups in total. The molecule has 1 aromatic carbocycles. The highest BCUT2D eigenvalue weighted by molar-refractivity contribution is 5.91. The van der Waals surface area contributed by atoms with Gasteiger partial charge in [-0.1, -0.05) is 0 Å². The highest BCUT2D eigenvalue weighted by Crippen LogP contribution is 2.28. The lowest BCUT2D eigenvalue weighted by atomic mass is 10.3. The van der Waals surface area contributed by atoms with Gasteiger partial charge in [0.1, 0.15) is 5.75 Å². The number of methoxy groups -OCH3 is 1. The van der Waals surface area contributed by atoms with Crippen molar-refractivity contribution in [2.45, 2.75) is 6.54 Å². The van der Waals surface area contributed by atoms with E-state index in [0.717, 1.165) is 24.5 Å². The first-order chi connectivity index (χ1) is 13.6. The van der Waals surface area contributed by atoms with E-state index in [2.05, 4.69) is 20.5 Å². The third-order valence-electron chi connectivity index (χ3n) is 5.08. The van der Waals surface area contributed by atoms with Gasteiger partial charge < -0.3 is 14.5 Å². The maximum Gasteiger partial charge on any atom is 0.291 e. The van der Waals surface area contributed by atoms with Gasteiger partial charge in [-0.2, -0.15) is 0 Å². The van der Waals surface area contributed by atoms with Crippen LogP contribution in [0.25, 0.3) is 0 Å². The summed E-state index contributed by atoms with van der Waals surface area (Å²) in [7, 11) is 3.64. The van der Waals surface area contributed by atoms with E-state index in [-0.39, 0.29) is 5.69 Å². The van der Waals surface area contributed by atoms with Gasteiger partial charge in [0.25, 0.3) is 11.5 Å². The smallest absolute Gasteiger partial charge is 0.291 e. The van der Waals surface area contributed by atoms with Gasteiger partial charge in [-0.15, -0.1) is 10.2 Å². The number of carbonyl (C=O) groups excluding carboxylic acids is 1. The summed E-state index contributed by atoms with van der Waals surface area (Å²) in [5.41, 5.74) is 3.05. The highest BCUT2D eigenvalue weighted by atomic mass is 16.5. The second kappa shape index (κ2) is 7.56. The van der Waals surface area contributed by atoms with E-state index in [0.29, 0.717) is 32.1 Å². The number of hydrogen-bond donors (Lipinski definition) is 1. The van der Waals surface area contributed by atoms with Gasteiger partial charge >= 0.3 is 0 Å². The molecule has 2 aromatic rings. The topological polar surface area (TPSA) is 95.8 Å². The molecule has 0 saturated carbocycles. The maximum absolute atomic E-state index is 12.8. The number of amides is 1. The Kier molecular flexibility index (Phi) is 4.97. The first-order valence-corrected chi connectivity index (χ1v) is 9.20. The van der Waals surface area contributed by atoms with Gasteiger partial charge in [0, 0.05) is 45.0 Å². The Morgan fingerprint density at radius 3 is 2.43 bits per heavy atom. The predicted molar refractivity (Wildman–Crippen MR) is 103 cm³/mol. The molecule has 1 amide bonds. The van der Waals surface area contributed by atoms with Crippen LogP contribution in [0.5, 0.6) is 5.75 Å². The molecule has 3 heterocycles. The Morgan fingerprint density at radius 1 is 1.04 bits per heavy atom. The number of ether oxygens (including phenoxy) is 1. The summed E-state index contributed by atoms with van der Waals surface area (Å²) in [6, 6.07) is 7.49. The number of hydrogen-bond acceptors (Lipinski definition) is 8. The lowest BCUT2D eigenvalue weighted by Gasteiger charge is -2.32. The number of nitrogens with one attached hydrogen (secondary N) is 1. The van der Waals surface area contributed by atoms with Gasteiger partial charge in [-0.25, -0.2) is 5.01 Å². The number of piperazine rings is 1. The molecular weight excluding hydrogens is 362 g/mol. The molecule has 148 valence electrons. The summed E-state index contributed by atoms with van der Waals surface area (Å²) in [4.78, 5) is 29.4. The summed E-state index contributed by atoms with van der Waals surface area (Å²) >= 11 is 0. The standard InChI is InChI=1S/C18H23N7O3/c1-22-7-9-23(10-8-22)21-16(26)15-17(27)25-12-11-24(18(25)20-19-15)13-3-5-14(28-2)6-4-13/h3-6H,7-12H2,1-2H3,(H,21,26). The number of aromatic nitrogens is 3. The molecule has 0 bridgehead atoms. The molecule has 2 aliphatic rings. The summed E-state index contributed by atoms with van der Waals surface area (Å²) < 4.78 is 6.67. The minimum Gasteiger partial charge on any atom is -0.497 e. The largest absolute Gasteiger partial charge is 0.497 e. The summed E-state index contributed by atoms with van der Waals surface area (Å²) in [6.45, 7) is 4.14. The molecule has 4 rings (SSSR count). The third-order valence-corrected chi connectivity index (χ3v) is 5.08. The summed E-state index contributed by atoms with van der Waals surface area (Å²) in [6.07, 6.45) is 0. The number of hydrazine groups is 1. The number of fused-ring (bicyclic) bond motifs is 1. The number of likely N-dealkylation sites (N-methyl/N-ethyl adjacent to an activating group) is 1. The fraction of sp³-hybridized carbons (Fsp3) is 0.444. The Morgan fingerprint density at radius 2 is 1.75 bits per heavy atom. The Bertz CT molecular complexity index is 920. The molecular formula is C18H23N7O3. The molecule has 0 spiro atoms. The molecule has 0 radical (unpaired) electrons. The minimum atomic E-state index is -0.514. The molecule has 0 unspecified atom stereocenters. The van der Waals surface area contributed by atoms with Crippen LogP contribution in [0.4, 0.5) is 11.6 Å². The highest BCUT2D eigenvalue weighted by Gasteiger charge is 2.28. The predicted octanol–water partition coefficient (Wildman–Crippen LogP) is -0.309. The van der Waals surface area contributed by atoms with Crippen LogP contribution in [0, 0.1) is 0 Å². The van der Waals surface area contributed by atoms with Crippen molar-refractivity contribution in [2.24, 2.45) is 0 Å². The number of benzene rings is 1. The van der Waals surface area contributed by atoms with E-state index >= 15 is 0 Å². The van der Waals surface area contributed by atoms with Crippen molar-refractivity contribution in [1.82, 2.24) is 30.1 Å².